The summed E-state index contributed by atoms with van der Waals surface area (Å²) in [6.07, 6.45) is -1.65. The Morgan fingerprint density at radius 3 is 2.82 bits per heavy atom. The number of nitroso groups, excluding NO2 is 1. The van der Waals surface area contributed by atoms with Crippen LogP contribution in [0.1, 0.15) is 6.42 Å². The van der Waals surface area contributed by atoms with Crippen LogP contribution in [-0.2, 0) is 4.74 Å². The first-order chi connectivity index (χ1) is 5.24. The highest BCUT2D eigenvalue weighted by atomic mass is 16.5. The number of hydrogen-bond acceptors (Lipinski definition) is 5. The maximum Gasteiger partial charge on any atom is 0.110 e. The summed E-state index contributed by atoms with van der Waals surface area (Å²) in [7, 11) is 0. The molecule has 0 saturated carbocycles. The Balaban J connectivity index is 2.37. The van der Waals surface area contributed by atoms with Gasteiger partial charge in [-0.15, -0.1) is 0 Å². The fourth-order valence-corrected chi connectivity index (χ4v) is 1.09. The van der Waals surface area contributed by atoms with E-state index >= 15 is 0 Å². The van der Waals surface area contributed by atoms with Crippen molar-refractivity contribution in [2.24, 2.45) is 5.18 Å². The van der Waals surface area contributed by atoms with Crippen LogP contribution in [0.2, 0.25) is 0 Å². The third-order valence-electron chi connectivity index (χ3n) is 1.70. The molecule has 1 heterocycles. The SMILES string of the molecule is O=NC[C@H]1OC[C@H](O)C[C@@H]1O. The van der Waals surface area contributed by atoms with Gasteiger partial charge in [0.05, 0.1) is 18.8 Å². The van der Waals surface area contributed by atoms with E-state index in [-0.39, 0.29) is 19.6 Å². The quantitative estimate of drug-likeness (QED) is 0.523. The normalized spacial score (nSPS) is 38.5. The van der Waals surface area contributed by atoms with E-state index in [0.29, 0.717) is 0 Å². The lowest BCUT2D eigenvalue weighted by Gasteiger charge is -2.29. The van der Waals surface area contributed by atoms with Gasteiger partial charge in [0, 0.05) is 6.42 Å². The average molecular weight is 161 g/mol. The van der Waals surface area contributed by atoms with Crippen LogP contribution in [0.15, 0.2) is 5.18 Å². The van der Waals surface area contributed by atoms with E-state index in [1.54, 1.807) is 0 Å². The van der Waals surface area contributed by atoms with Gasteiger partial charge in [-0.05, 0) is 0 Å². The summed E-state index contributed by atoms with van der Waals surface area (Å²) in [6.45, 7) is 0.130. The maximum absolute atomic E-state index is 9.80. The van der Waals surface area contributed by atoms with Gasteiger partial charge >= 0.3 is 0 Å². The second-order valence-electron chi connectivity index (χ2n) is 2.64. The number of ether oxygens (including phenoxy) is 1. The van der Waals surface area contributed by atoms with E-state index < -0.39 is 18.3 Å². The molecule has 11 heavy (non-hydrogen) atoms. The molecule has 0 radical (unpaired) electrons. The Kier molecular flexibility index (Phi) is 2.92. The molecule has 0 unspecified atom stereocenters. The number of hydrogen-bond donors (Lipinski definition) is 2. The number of nitrogens with zero attached hydrogens (tertiary/aromatic N) is 1. The molecule has 1 aliphatic heterocycles. The second-order valence-corrected chi connectivity index (χ2v) is 2.64. The van der Waals surface area contributed by atoms with Crippen molar-refractivity contribution in [2.45, 2.75) is 24.7 Å². The molecule has 0 aromatic carbocycles. The summed E-state index contributed by atoms with van der Waals surface area (Å²) in [6, 6.07) is 0. The molecule has 2 N–H and O–H groups in total. The number of aliphatic hydroxyl groups excluding tert-OH is 2. The standard InChI is InChI=1S/C6H11NO4/c8-4-1-5(9)6(2-7-10)11-3-4/h4-6,8-9H,1-3H2/t4-,5+,6-/m1/s1. The summed E-state index contributed by atoms with van der Waals surface area (Å²) in [4.78, 5) is 9.80. The van der Waals surface area contributed by atoms with Crippen molar-refractivity contribution >= 4 is 0 Å². The molecule has 0 amide bonds. The highest BCUT2D eigenvalue weighted by molar-refractivity contribution is 4.79. The zero-order chi connectivity index (χ0) is 8.27. The predicted molar refractivity (Wildman–Crippen MR) is 37.0 cm³/mol. The summed E-state index contributed by atoms with van der Waals surface area (Å²) in [5.41, 5.74) is 0. The van der Waals surface area contributed by atoms with Crippen LogP contribution in [0.4, 0.5) is 0 Å². The van der Waals surface area contributed by atoms with E-state index in [1.807, 2.05) is 0 Å². The molecule has 0 spiro atoms. The van der Waals surface area contributed by atoms with E-state index in [2.05, 4.69) is 5.18 Å². The molecule has 1 saturated heterocycles. The summed E-state index contributed by atoms with van der Waals surface area (Å²) < 4.78 is 4.95. The molecule has 0 bridgehead atoms. The first-order valence-corrected chi connectivity index (χ1v) is 3.51. The van der Waals surface area contributed by atoms with E-state index in [9.17, 15) is 10.0 Å². The highest BCUT2D eigenvalue weighted by Gasteiger charge is 2.28. The molecular weight excluding hydrogens is 150 g/mol. The van der Waals surface area contributed by atoms with Crippen LogP contribution in [0.25, 0.3) is 0 Å². The van der Waals surface area contributed by atoms with E-state index in [1.165, 1.54) is 0 Å². The van der Waals surface area contributed by atoms with Crippen molar-refractivity contribution in [2.75, 3.05) is 13.2 Å². The minimum absolute atomic E-state index is 0.0477. The predicted octanol–water partition coefficient (Wildman–Crippen LogP) is -0.737. The molecule has 0 aromatic heterocycles. The molecule has 3 atom stereocenters. The fourth-order valence-electron chi connectivity index (χ4n) is 1.09. The highest BCUT2D eigenvalue weighted by Crippen LogP contribution is 2.14. The monoisotopic (exact) mass is 161 g/mol. The lowest BCUT2D eigenvalue weighted by Crippen LogP contribution is -2.42. The third kappa shape index (κ3) is 2.21. The Morgan fingerprint density at radius 1 is 1.55 bits per heavy atom. The van der Waals surface area contributed by atoms with Crippen molar-refractivity contribution in [3.8, 4) is 0 Å². The van der Waals surface area contributed by atoms with Crippen molar-refractivity contribution in [1.29, 1.82) is 0 Å². The molecule has 1 fully saturated rings. The van der Waals surface area contributed by atoms with Crippen LogP contribution in [0.3, 0.4) is 0 Å². The van der Waals surface area contributed by atoms with Crippen LogP contribution in [0, 0.1) is 4.91 Å². The molecule has 1 aliphatic rings. The Hall–Kier alpha value is -0.520. The van der Waals surface area contributed by atoms with Crippen LogP contribution in [0.5, 0.6) is 0 Å². The lowest BCUT2D eigenvalue weighted by atomic mass is 10.0. The smallest absolute Gasteiger partial charge is 0.110 e. The van der Waals surface area contributed by atoms with Crippen molar-refractivity contribution < 1.29 is 14.9 Å². The first kappa shape index (κ1) is 8.58. The van der Waals surface area contributed by atoms with Crippen molar-refractivity contribution in [3.05, 3.63) is 4.91 Å². The van der Waals surface area contributed by atoms with Gasteiger partial charge in [-0.1, -0.05) is 5.18 Å². The van der Waals surface area contributed by atoms with Gasteiger partial charge in [-0.3, -0.25) is 0 Å². The Morgan fingerprint density at radius 2 is 2.27 bits per heavy atom. The lowest BCUT2D eigenvalue weighted by molar-refractivity contribution is -0.118. The zero-order valence-corrected chi connectivity index (χ0v) is 6.01. The van der Waals surface area contributed by atoms with Gasteiger partial charge in [0.1, 0.15) is 12.6 Å². The van der Waals surface area contributed by atoms with Gasteiger partial charge in [0.2, 0.25) is 0 Å². The van der Waals surface area contributed by atoms with Crippen LogP contribution < -0.4 is 0 Å². The van der Waals surface area contributed by atoms with Gasteiger partial charge in [0.15, 0.2) is 0 Å². The number of aliphatic hydroxyl groups is 2. The molecule has 0 aromatic rings. The maximum atomic E-state index is 9.80. The third-order valence-corrected chi connectivity index (χ3v) is 1.70. The zero-order valence-electron chi connectivity index (χ0n) is 6.01. The second kappa shape index (κ2) is 3.75. The van der Waals surface area contributed by atoms with Crippen molar-refractivity contribution in [3.63, 3.8) is 0 Å². The van der Waals surface area contributed by atoms with Gasteiger partial charge < -0.3 is 14.9 Å². The molecule has 0 aliphatic carbocycles. The molecule has 5 heteroatoms. The molecular formula is C6H11NO4. The molecule has 64 valence electrons. The van der Waals surface area contributed by atoms with Gasteiger partial charge in [0.25, 0.3) is 0 Å². The molecule has 1 rings (SSSR count). The summed E-state index contributed by atoms with van der Waals surface area (Å²) in [5.74, 6) is 0. The average Bonchev–Trinajstić information content (AvgIpc) is 1.95. The summed E-state index contributed by atoms with van der Waals surface area (Å²) >= 11 is 0. The van der Waals surface area contributed by atoms with Crippen LogP contribution >= 0.6 is 0 Å². The minimum Gasteiger partial charge on any atom is -0.391 e. The Bertz CT molecular complexity index is 141. The minimum atomic E-state index is -0.767. The number of rotatable bonds is 2. The topological polar surface area (TPSA) is 79.1 Å². The first-order valence-electron chi connectivity index (χ1n) is 3.51. The van der Waals surface area contributed by atoms with E-state index in [0.717, 1.165) is 0 Å². The summed E-state index contributed by atoms with van der Waals surface area (Å²) in [5, 5.41) is 20.8. The Labute approximate surface area is 64.0 Å². The van der Waals surface area contributed by atoms with Gasteiger partial charge in [-0.2, -0.15) is 4.91 Å². The van der Waals surface area contributed by atoms with Gasteiger partial charge in [-0.25, -0.2) is 0 Å². The largest absolute Gasteiger partial charge is 0.391 e. The van der Waals surface area contributed by atoms with Crippen LogP contribution in [-0.4, -0.2) is 41.7 Å². The van der Waals surface area contributed by atoms with E-state index in [4.69, 9.17) is 9.84 Å². The fraction of sp³-hybridized carbons (Fsp3) is 1.00. The van der Waals surface area contributed by atoms with Crippen molar-refractivity contribution in [1.82, 2.24) is 0 Å². The molecule has 5 nitrogen and oxygen atoms in total.